The van der Waals surface area contributed by atoms with Crippen LogP contribution in [0.1, 0.15) is 32.6 Å². The molecule has 2 aliphatic rings. The van der Waals surface area contributed by atoms with E-state index >= 15 is 0 Å². The maximum atomic E-state index is 14.7. The first kappa shape index (κ1) is 24.6. The normalized spacial score (nSPS) is 20.9. The Kier molecular flexibility index (Phi) is 6.90. The van der Waals surface area contributed by atoms with Gasteiger partial charge < -0.3 is 19.7 Å². The highest BCUT2D eigenvalue weighted by Crippen LogP contribution is 2.41. The number of halogens is 3. The molecule has 1 aromatic heterocycles. The molecule has 2 saturated heterocycles. The molecule has 36 heavy (non-hydrogen) atoms. The lowest BCUT2D eigenvalue weighted by Gasteiger charge is -2.38. The first-order valence-corrected chi connectivity index (χ1v) is 12.6. The Labute approximate surface area is 218 Å². The summed E-state index contributed by atoms with van der Waals surface area (Å²) >= 11 is 11.9. The molecule has 0 radical (unpaired) electrons. The van der Waals surface area contributed by atoms with Gasteiger partial charge in [0.05, 0.1) is 27.9 Å². The molecule has 2 aromatic carbocycles. The molecular formula is C26H25Cl2FN4O3. The molecule has 3 heterocycles. The monoisotopic (exact) mass is 530 g/mol. The van der Waals surface area contributed by atoms with Gasteiger partial charge in [-0.05, 0) is 44.0 Å². The summed E-state index contributed by atoms with van der Waals surface area (Å²) in [7, 11) is 0. The Balaban J connectivity index is 1.47. The SMILES string of the molecule is C=CC(=O)N1[C@@H]2CC[C@H]1C[C@H](Oc1cc3c(Nc4ccc(Cl)c(Cl)c4F)ncnc3cc1OCC)C2. The molecule has 7 nitrogen and oxygen atoms in total. The van der Waals surface area contributed by atoms with Crippen LogP contribution in [0.25, 0.3) is 10.9 Å². The number of nitrogens with zero attached hydrogens (tertiary/aromatic N) is 3. The maximum absolute atomic E-state index is 14.7. The summed E-state index contributed by atoms with van der Waals surface area (Å²) in [4.78, 5) is 22.9. The van der Waals surface area contributed by atoms with Crippen LogP contribution in [0.5, 0.6) is 11.5 Å². The lowest BCUT2D eigenvalue weighted by atomic mass is 9.99. The minimum absolute atomic E-state index is 0.0240. The number of amides is 1. The van der Waals surface area contributed by atoms with Crippen LogP contribution >= 0.6 is 23.2 Å². The zero-order chi connectivity index (χ0) is 25.4. The molecule has 0 saturated carbocycles. The van der Waals surface area contributed by atoms with E-state index in [0.717, 1.165) is 25.7 Å². The second kappa shape index (κ2) is 10.1. The molecule has 10 heteroatoms. The third-order valence-electron chi connectivity index (χ3n) is 6.70. The van der Waals surface area contributed by atoms with E-state index in [0.29, 0.717) is 34.8 Å². The van der Waals surface area contributed by atoms with Crippen LogP contribution in [0.4, 0.5) is 15.9 Å². The fourth-order valence-electron chi connectivity index (χ4n) is 5.14. The molecule has 3 aromatic rings. The van der Waals surface area contributed by atoms with E-state index in [1.165, 1.54) is 24.5 Å². The van der Waals surface area contributed by atoms with Gasteiger partial charge in [-0.1, -0.05) is 29.8 Å². The number of carbonyl (C=O) groups is 1. The van der Waals surface area contributed by atoms with Gasteiger partial charge in [0.25, 0.3) is 0 Å². The van der Waals surface area contributed by atoms with Gasteiger partial charge in [0.2, 0.25) is 5.91 Å². The average Bonchev–Trinajstić information content (AvgIpc) is 3.14. The number of hydrogen-bond donors (Lipinski definition) is 1. The molecule has 2 bridgehead atoms. The zero-order valence-electron chi connectivity index (χ0n) is 19.6. The fourth-order valence-corrected chi connectivity index (χ4v) is 5.45. The predicted octanol–water partition coefficient (Wildman–Crippen LogP) is 6.30. The van der Waals surface area contributed by atoms with Crippen molar-refractivity contribution >= 4 is 51.5 Å². The predicted molar refractivity (Wildman–Crippen MR) is 138 cm³/mol. The van der Waals surface area contributed by atoms with Gasteiger partial charge >= 0.3 is 0 Å². The Bertz CT molecular complexity index is 1320. The molecule has 1 amide bonds. The van der Waals surface area contributed by atoms with Crippen molar-refractivity contribution in [2.24, 2.45) is 0 Å². The standard InChI is InChI=1S/C26H25Cl2FN4O3/c1-3-23(34)33-14-5-6-15(33)10-16(9-14)36-22-11-17-20(12-21(22)35-4-2)30-13-31-26(17)32-19-8-7-18(27)24(28)25(19)29/h3,7-8,11-16H,1,4-6,9-10H2,2H3,(H,30,31,32)/t14-,15+,16-. The Morgan fingerprint density at radius 3 is 2.67 bits per heavy atom. The van der Waals surface area contributed by atoms with E-state index in [2.05, 4.69) is 21.9 Å². The summed E-state index contributed by atoms with van der Waals surface area (Å²) in [5.41, 5.74) is 0.742. The van der Waals surface area contributed by atoms with Crippen LogP contribution in [0.2, 0.25) is 10.0 Å². The Morgan fingerprint density at radius 2 is 1.97 bits per heavy atom. The number of nitrogens with one attached hydrogen (secondary N) is 1. The summed E-state index contributed by atoms with van der Waals surface area (Å²) in [6, 6.07) is 6.87. The summed E-state index contributed by atoms with van der Waals surface area (Å²) in [5, 5.41) is 3.58. The number of hydrogen-bond acceptors (Lipinski definition) is 6. The molecule has 0 unspecified atom stereocenters. The van der Waals surface area contributed by atoms with Crippen LogP contribution in [0, 0.1) is 5.82 Å². The minimum atomic E-state index is -0.672. The van der Waals surface area contributed by atoms with Crippen molar-refractivity contribution < 1.29 is 18.7 Å². The number of fused-ring (bicyclic) bond motifs is 3. The van der Waals surface area contributed by atoms with Crippen LogP contribution in [0.3, 0.4) is 0 Å². The molecule has 188 valence electrons. The molecular weight excluding hydrogens is 506 g/mol. The van der Waals surface area contributed by atoms with Crippen LogP contribution in [-0.4, -0.2) is 45.6 Å². The molecule has 0 spiro atoms. The van der Waals surface area contributed by atoms with Crippen LogP contribution in [-0.2, 0) is 4.79 Å². The van der Waals surface area contributed by atoms with Gasteiger partial charge in [0.1, 0.15) is 18.2 Å². The third-order valence-corrected chi connectivity index (χ3v) is 7.48. The maximum Gasteiger partial charge on any atom is 0.246 e. The van der Waals surface area contributed by atoms with Crippen molar-refractivity contribution in [2.75, 3.05) is 11.9 Å². The molecule has 3 atom stereocenters. The van der Waals surface area contributed by atoms with E-state index < -0.39 is 5.82 Å². The number of rotatable bonds is 7. The smallest absolute Gasteiger partial charge is 0.246 e. The molecule has 5 rings (SSSR count). The third kappa shape index (κ3) is 4.55. The van der Waals surface area contributed by atoms with Gasteiger partial charge in [-0.3, -0.25) is 4.79 Å². The Morgan fingerprint density at radius 1 is 1.22 bits per heavy atom. The summed E-state index contributed by atoms with van der Waals surface area (Å²) < 4.78 is 27.0. The van der Waals surface area contributed by atoms with Gasteiger partial charge in [0, 0.05) is 36.4 Å². The van der Waals surface area contributed by atoms with Gasteiger partial charge in [-0.2, -0.15) is 0 Å². The first-order valence-electron chi connectivity index (χ1n) is 11.8. The van der Waals surface area contributed by atoms with Crippen molar-refractivity contribution in [3.63, 3.8) is 0 Å². The lowest BCUT2D eigenvalue weighted by molar-refractivity contribution is -0.131. The van der Waals surface area contributed by atoms with Gasteiger partial charge in [-0.25, -0.2) is 14.4 Å². The minimum Gasteiger partial charge on any atom is -0.490 e. The van der Waals surface area contributed by atoms with Crippen molar-refractivity contribution in [1.29, 1.82) is 0 Å². The van der Waals surface area contributed by atoms with E-state index in [4.69, 9.17) is 32.7 Å². The zero-order valence-corrected chi connectivity index (χ0v) is 21.2. The second-order valence-corrected chi connectivity index (χ2v) is 9.65. The molecule has 1 N–H and O–H groups in total. The molecule has 0 aliphatic carbocycles. The van der Waals surface area contributed by atoms with E-state index in [1.54, 1.807) is 12.1 Å². The van der Waals surface area contributed by atoms with Crippen molar-refractivity contribution in [1.82, 2.24) is 14.9 Å². The van der Waals surface area contributed by atoms with Crippen molar-refractivity contribution in [2.45, 2.75) is 50.8 Å². The average molecular weight is 531 g/mol. The lowest BCUT2D eigenvalue weighted by Crippen LogP contribution is -2.48. The van der Waals surface area contributed by atoms with Crippen LogP contribution in [0.15, 0.2) is 43.2 Å². The number of carbonyl (C=O) groups excluding carboxylic acids is 1. The number of aromatic nitrogens is 2. The number of anilines is 2. The number of benzene rings is 2. The fraction of sp³-hybridized carbons (Fsp3) is 0.346. The number of piperidine rings is 1. The van der Waals surface area contributed by atoms with E-state index in [-0.39, 0.29) is 39.8 Å². The summed E-state index contributed by atoms with van der Waals surface area (Å²) in [6.45, 7) is 5.98. The largest absolute Gasteiger partial charge is 0.490 e. The van der Waals surface area contributed by atoms with Crippen molar-refractivity contribution in [3.8, 4) is 11.5 Å². The highest BCUT2D eigenvalue weighted by Gasteiger charge is 2.43. The summed E-state index contributed by atoms with van der Waals surface area (Å²) in [5.74, 6) is 0.799. The Hall–Kier alpha value is -3.10. The number of ether oxygens (including phenoxy) is 2. The van der Waals surface area contributed by atoms with E-state index in [1.807, 2.05) is 11.8 Å². The van der Waals surface area contributed by atoms with Gasteiger partial charge in [-0.15, -0.1) is 0 Å². The molecule has 2 aliphatic heterocycles. The van der Waals surface area contributed by atoms with Gasteiger partial charge in [0.15, 0.2) is 17.3 Å². The molecule has 2 fully saturated rings. The van der Waals surface area contributed by atoms with E-state index in [9.17, 15) is 9.18 Å². The highest BCUT2D eigenvalue weighted by atomic mass is 35.5. The quantitative estimate of drug-likeness (QED) is 0.285. The van der Waals surface area contributed by atoms with Crippen LogP contribution < -0.4 is 14.8 Å². The van der Waals surface area contributed by atoms with Crippen molar-refractivity contribution in [3.05, 3.63) is 59.1 Å². The first-order chi connectivity index (χ1) is 17.4. The highest BCUT2D eigenvalue weighted by molar-refractivity contribution is 6.42. The topological polar surface area (TPSA) is 76.6 Å². The summed E-state index contributed by atoms with van der Waals surface area (Å²) in [6.07, 6.45) is 6.06. The second-order valence-electron chi connectivity index (χ2n) is 8.87.